The number of nitrogens with zero attached hydrogens (tertiary/aromatic N) is 1. The smallest absolute Gasteiger partial charge is 0.0612 e. The van der Waals surface area contributed by atoms with Crippen LogP contribution in [0.15, 0.2) is 18.2 Å². The summed E-state index contributed by atoms with van der Waals surface area (Å²) in [4.78, 5) is 0. The number of hydrogen-bond donors (Lipinski definition) is 1. The number of ether oxygens (including phenoxy) is 1. The molecule has 0 radical (unpaired) electrons. The van der Waals surface area contributed by atoms with Crippen molar-refractivity contribution in [2.45, 2.75) is 26.7 Å². The SMILES string of the molecule is Cc1ccc(NN2CCOCC2)c(C(C)C)c1. The van der Waals surface area contributed by atoms with Gasteiger partial charge >= 0.3 is 0 Å². The van der Waals surface area contributed by atoms with Crippen LogP contribution in [0.25, 0.3) is 0 Å². The highest BCUT2D eigenvalue weighted by atomic mass is 16.5. The van der Waals surface area contributed by atoms with Gasteiger partial charge in [-0.15, -0.1) is 0 Å². The van der Waals surface area contributed by atoms with Crippen LogP contribution in [0, 0.1) is 6.92 Å². The number of anilines is 1. The van der Waals surface area contributed by atoms with Crippen molar-refractivity contribution in [1.29, 1.82) is 0 Å². The Morgan fingerprint density at radius 2 is 1.94 bits per heavy atom. The van der Waals surface area contributed by atoms with Gasteiger partial charge in [0.15, 0.2) is 0 Å². The van der Waals surface area contributed by atoms with Gasteiger partial charge in [0.05, 0.1) is 18.9 Å². The second-order valence-corrected chi connectivity index (χ2v) is 4.96. The number of hydrazine groups is 1. The van der Waals surface area contributed by atoms with Crippen molar-refractivity contribution < 1.29 is 4.74 Å². The van der Waals surface area contributed by atoms with Crippen LogP contribution < -0.4 is 5.43 Å². The molecule has 1 saturated heterocycles. The third kappa shape index (κ3) is 3.20. The molecule has 0 aliphatic carbocycles. The van der Waals surface area contributed by atoms with Gasteiger partial charge in [0.2, 0.25) is 0 Å². The highest BCUT2D eigenvalue weighted by molar-refractivity contribution is 5.53. The minimum absolute atomic E-state index is 0.540. The lowest BCUT2D eigenvalue weighted by Gasteiger charge is -2.29. The quantitative estimate of drug-likeness (QED) is 0.870. The molecule has 3 nitrogen and oxygen atoms in total. The number of aryl methyl sites for hydroxylation is 1. The standard InChI is InChI=1S/C14H22N2O/c1-11(2)13-10-12(3)4-5-14(13)15-16-6-8-17-9-7-16/h4-5,10-11,15H,6-9H2,1-3H3. The minimum Gasteiger partial charge on any atom is -0.379 e. The Labute approximate surface area is 104 Å². The van der Waals surface area contributed by atoms with Gasteiger partial charge < -0.3 is 10.2 Å². The molecule has 0 atom stereocenters. The van der Waals surface area contributed by atoms with Crippen molar-refractivity contribution in [1.82, 2.24) is 5.01 Å². The van der Waals surface area contributed by atoms with Crippen LogP contribution in [0.3, 0.4) is 0 Å². The lowest BCUT2D eigenvalue weighted by Crippen LogP contribution is -2.40. The van der Waals surface area contributed by atoms with E-state index in [2.05, 4.69) is 49.4 Å². The van der Waals surface area contributed by atoms with Crippen LogP contribution in [0.4, 0.5) is 5.69 Å². The van der Waals surface area contributed by atoms with E-state index in [9.17, 15) is 0 Å². The van der Waals surface area contributed by atoms with Crippen LogP contribution in [-0.4, -0.2) is 31.3 Å². The van der Waals surface area contributed by atoms with Crippen molar-refractivity contribution >= 4 is 5.69 Å². The molecule has 2 rings (SSSR count). The molecule has 1 fully saturated rings. The average Bonchev–Trinajstić information content (AvgIpc) is 2.32. The van der Waals surface area contributed by atoms with E-state index in [1.807, 2.05) is 0 Å². The van der Waals surface area contributed by atoms with Gasteiger partial charge in [0.25, 0.3) is 0 Å². The predicted molar refractivity (Wildman–Crippen MR) is 71.3 cm³/mol. The zero-order chi connectivity index (χ0) is 12.3. The van der Waals surface area contributed by atoms with E-state index in [-0.39, 0.29) is 0 Å². The Bertz CT molecular complexity index is 370. The topological polar surface area (TPSA) is 24.5 Å². The van der Waals surface area contributed by atoms with E-state index < -0.39 is 0 Å². The van der Waals surface area contributed by atoms with Crippen LogP contribution in [0.5, 0.6) is 0 Å². The fraction of sp³-hybridized carbons (Fsp3) is 0.571. The van der Waals surface area contributed by atoms with E-state index in [0.717, 1.165) is 26.3 Å². The van der Waals surface area contributed by atoms with E-state index >= 15 is 0 Å². The Kier molecular flexibility index (Phi) is 4.02. The molecule has 0 aromatic heterocycles. The summed E-state index contributed by atoms with van der Waals surface area (Å²) in [6.45, 7) is 10.1. The van der Waals surface area contributed by atoms with Crippen molar-refractivity contribution in [3.05, 3.63) is 29.3 Å². The third-order valence-corrected chi connectivity index (χ3v) is 3.12. The van der Waals surface area contributed by atoms with E-state index in [0.29, 0.717) is 5.92 Å². The monoisotopic (exact) mass is 234 g/mol. The maximum atomic E-state index is 5.35. The molecule has 0 bridgehead atoms. The first-order valence-electron chi connectivity index (χ1n) is 6.36. The normalized spacial score (nSPS) is 17.4. The van der Waals surface area contributed by atoms with Gasteiger partial charge in [-0.1, -0.05) is 31.5 Å². The molecule has 1 aromatic rings. The highest BCUT2D eigenvalue weighted by Crippen LogP contribution is 2.25. The van der Waals surface area contributed by atoms with Crippen molar-refractivity contribution in [2.75, 3.05) is 31.7 Å². The molecule has 17 heavy (non-hydrogen) atoms. The van der Waals surface area contributed by atoms with Gasteiger partial charge in [-0.25, -0.2) is 5.01 Å². The van der Waals surface area contributed by atoms with Crippen LogP contribution >= 0.6 is 0 Å². The summed E-state index contributed by atoms with van der Waals surface area (Å²) in [6.07, 6.45) is 0. The molecule has 0 amide bonds. The molecule has 1 aliphatic heterocycles. The predicted octanol–water partition coefficient (Wildman–Crippen LogP) is 2.78. The Morgan fingerprint density at radius 3 is 2.59 bits per heavy atom. The summed E-state index contributed by atoms with van der Waals surface area (Å²) in [5.74, 6) is 0.540. The summed E-state index contributed by atoms with van der Waals surface area (Å²) < 4.78 is 5.35. The van der Waals surface area contributed by atoms with Crippen LogP contribution in [0.1, 0.15) is 30.9 Å². The van der Waals surface area contributed by atoms with Crippen LogP contribution in [0.2, 0.25) is 0 Å². The highest BCUT2D eigenvalue weighted by Gasteiger charge is 2.13. The molecule has 0 unspecified atom stereocenters. The Hall–Kier alpha value is -1.06. The number of benzene rings is 1. The van der Waals surface area contributed by atoms with Crippen molar-refractivity contribution in [3.8, 4) is 0 Å². The zero-order valence-electron chi connectivity index (χ0n) is 11.0. The maximum absolute atomic E-state index is 5.35. The van der Waals surface area contributed by atoms with Gasteiger partial charge in [0, 0.05) is 13.1 Å². The second kappa shape index (κ2) is 5.52. The molecular weight excluding hydrogens is 212 g/mol. The molecule has 94 valence electrons. The average molecular weight is 234 g/mol. The second-order valence-electron chi connectivity index (χ2n) is 4.96. The number of hydrogen-bond acceptors (Lipinski definition) is 3. The first kappa shape index (κ1) is 12.4. The lowest BCUT2D eigenvalue weighted by atomic mass is 9.99. The first-order chi connectivity index (χ1) is 8.16. The van der Waals surface area contributed by atoms with Crippen LogP contribution in [-0.2, 0) is 4.74 Å². The number of rotatable bonds is 3. The first-order valence-corrected chi connectivity index (χ1v) is 6.36. The molecule has 1 heterocycles. The largest absolute Gasteiger partial charge is 0.379 e. The van der Waals surface area contributed by atoms with Gasteiger partial charge in [0.1, 0.15) is 0 Å². The summed E-state index contributed by atoms with van der Waals surface area (Å²) in [5, 5.41) is 2.24. The van der Waals surface area contributed by atoms with Gasteiger partial charge in [-0.2, -0.15) is 0 Å². The number of nitrogens with one attached hydrogen (secondary N) is 1. The molecular formula is C14H22N2O. The Balaban J connectivity index is 2.13. The molecule has 1 aliphatic rings. The Morgan fingerprint density at radius 1 is 1.24 bits per heavy atom. The number of morpholine rings is 1. The summed E-state index contributed by atoms with van der Waals surface area (Å²) >= 11 is 0. The summed E-state index contributed by atoms with van der Waals surface area (Å²) in [7, 11) is 0. The fourth-order valence-corrected chi connectivity index (χ4v) is 2.11. The summed E-state index contributed by atoms with van der Waals surface area (Å²) in [6, 6.07) is 6.61. The summed E-state index contributed by atoms with van der Waals surface area (Å²) in [5.41, 5.74) is 7.45. The molecule has 1 N–H and O–H groups in total. The lowest BCUT2D eigenvalue weighted by molar-refractivity contribution is 0.0496. The van der Waals surface area contributed by atoms with E-state index in [1.165, 1.54) is 16.8 Å². The van der Waals surface area contributed by atoms with E-state index in [1.54, 1.807) is 0 Å². The molecule has 0 spiro atoms. The minimum atomic E-state index is 0.540. The molecule has 1 aromatic carbocycles. The molecule has 3 heteroatoms. The van der Waals surface area contributed by atoms with Gasteiger partial charge in [-0.05, 0) is 24.5 Å². The zero-order valence-corrected chi connectivity index (χ0v) is 11.0. The third-order valence-electron chi connectivity index (χ3n) is 3.12. The van der Waals surface area contributed by atoms with Gasteiger partial charge in [-0.3, -0.25) is 0 Å². The van der Waals surface area contributed by atoms with Crippen molar-refractivity contribution in [2.24, 2.45) is 0 Å². The van der Waals surface area contributed by atoms with E-state index in [4.69, 9.17) is 4.74 Å². The fourth-order valence-electron chi connectivity index (χ4n) is 2.11. The molecule has 0 saturated carbocycles. The maximum Gasteiger partial charge on any atom is 0.0612 e. The van der Waals surface area contributed by atoms with Crippen molar-refractivity contribution in [3.63, 3.8) is 0 Å².